The summed E-state index contributed by atoms with van der Waals surface area (Å²) in [6.07, 6.45) is 1.10. The predicted molar refractivity (Wildman–Crippen MR) is 128 cm³/mol. The molecule has 0 aliphatic carbocycles. The van der Waals surface area contributed by atoms with Gasteiger partial charge in [-0.15, -0.1) is 0 Å². The third-order valence-corrected chi connectivity index (χ3v) is 5.40. The lowest BCUT2D eigenvalue weighted by molar-refractivity contribution is -0.141. The molecule has 33 heavy (non-hydrogen) atoms. The number of nitrogens with zero attached hydrogens (tertiary/aromatic N) is 2. The van der Waals surface area contributed by atoms with Gasteiger partial charge in [-0.1, -0.05) is 84.9 Å². The number of esters is 1. The van der Waals surface area contributed by atoms with Gasteiger partial charge in [0.15, 0.2) is 0 Å². The summed E-state index contributed by atoms with van der Waals surface area (Å²) >= 11 is 0. The summed E-state index contributed by atoms with van der Waals surface area (Å²) in [6, 6.07) is 28.0. The van der Waals surface area contributed by atoms with Crippen molar-refractivity contribution in [2.75, 3.05) is 12.4 Å². The molecule has 166 valence electrons. The van der Waals surface area contributed by atoms with E-state index in [1.807, 2.05) is 84.9 Å². The van der Waals surface area contributed by atoms with Crippen molar-refractivity contribution in [3.05, 3.63) is 114 Å². The van der Waals surface area contributed by atoms with Crippen LogP contribution in [-0.4, -0.2) is 34.2 Å². The first-order chi connectivity index (χ1) is 16.2. The van der Waals surface area contributed by atoms with Crippen molar-refractivity contribution in [3.63, 3.8) is 0 Å². The number of aliphatic hydroxyl groups is 1. The molecular weight excluding hydrogens is 414 g/mol. The van der Waals surface area contributed by atoms with Crippen molar-refractivity contribution in [2.24, 2.45) is 0 Å². The van der Waals surface area contributed by atoms with Gasteiger partial charge in [0, 0.05) is 18.1 Å². The van der Waals surface area contributed by atoms with Gasteiger partial charge in [-0.25, -0.2) is 14.8 Å². The van der Waals surface area contributed by atoms with E-state index in [1.165, 1.54) is 13.4 Å². The highest BCUT2D eigenvalue weighted by Gasteiger charge is 2.21. The fourth-order valence-corrected chi connectivity index (χ4v) is 3.73. The average molecular weight is 440 g/mol. The summed E-state index contributed by atoms with van der Waals surface area (Å²) in [5, 5.41) is 14.2. The summed E-state index contributed by atoms with van der Waals surface area (Å²) in [5.74, 6) is 0.120. The second-order valence-electron chi connectivity index (χ2n) is 7.60. The number of anilines is 1. The zero-order valence-electron chi connectivity index (χ0n) is 18.3. The average Bonchev–Trinajstić information content (AvgIpc) is 2.88. The fourth-order valence-electron chi connectivity index (χ4n) is 3.73. The van der Waals surface area contributed by atoms with Crippen LogP contribution in [0.2, 0.25) is 0 Å². The number of carbonyl (C=O) groups is 1. The Kier molecular flexibility index (Phi) is 7.07. The molecule has 2 N–H and O–H groups in total. The summed E-state index contributed by atoms with van der Waals surface area (Å²) in [7, 11) is 1.37. The van der Waals surface area contributed by atoms with Crippen LogP contribution in [0, 0.1) is 0 Å². The predicted octanol–water partition coefficient (Wildman–Crippen LogP) is 4.42. The van der Waals surface area contributed by atoms with Crippen molar-refractivity contribution in [1.82, 2.24) is 9.97 Å². The van der Waals surface area contributed by atoms with Crippen molar-refractivity contribution < 1.29 is 14.6 Å². The molecule has 1 aromatic heterocycles. The van der Waals surface area contributed by atoms with E-state index in [9.17, 15) is 9.90 Å². The maximum absolute atomic E-state index is 12.4. The van der Waals surface area contributed by atoms with E-state index in [4.69, 9.17) is 4.74 Å². The van der Waals surface area contributed by atoms with Crippen molar-refractivity contribution >= 4 is 11.8 Å². The first-order valence-electron chi connectivity index (χ1n) is 10.7. The van der Waals surface area contributed by atoms with Gasteiger partial charge in [0.1, 0.15) is 24.3 Å². The van der Waals surface area contributed by atoms with Gasteiger partial charge in [-0.05, 0) is 16.7 Å². The molecule has 0 spiro atoms. The van der Waals surface area contributed by atoms with Crippen LogP contribution in [-0.2, 0) is 16.0 Å². The molecule has 0 radical (unpaired) electrons. The minimum Gasteiger partial charge on any atom is -0.467 e. The summed E-state index contributed by atoms with van der Waals surface area (Å²) < 4.78 is 4.99. The molecule has 1 heterocycles. The van der Waals surface area contributed by atoms with E-state index in [0.717, 1.165) is 22.3 Å². The van der Waals surface area contributed by atoms with Gasteiger partial charge in [0.2, 0.25) is 0 Å². The van der Waals surface area contributed by atoms with Gasteiger partial charge in [-0.2, -0.15) is 0 Å². The lowest BCUT2D eigenvalue weighted by Gasteiger charge is -2.18. The number of aromatic nitrogens is 2. The minimum absolute atomic E-state index is 0.376. The van der Waals surface area contributed by atoms with E-state index >= 15 is 0 Å². The molecule has 6 nitrogen and oxygen atoms in total. The highest BCUT2D eigenvalue weighted by molar-refractivity contribution is 5.79. The molecular formula is C27H25N3O3. The van der Waals surface area contributed by atoms with Crippen LogP contribution in [0.15, 0.2) is 97.3 Å². The summed E-state index contributed by atoms with van der Waals surface area (Å²) in [6.45, 7) is 0. The van der Waals surface area contributed by atoms with Crippen LogP contribution in [0.25, 0.3) is 11.3 Å². The van der Waals surface area contributed by atoms with Gasteiger partial charge >= 0.3 is 5.97 Å². The van der Waals surface area contributed by atoms with Gasteiger partial charge in [-0.3, -0.25) is 0 Å². The van der Waals surface area contributed by atoms with Gasteiger partial charge < -0.3 is 15.2 Å². The fraction of sp³-hybridized carbons (Fsp3) is 0.148. The first-order valence-corrected chi connectivity index (χ1v) is 10.7. The highest BCUT2D eigenvalue weighted by Crippen LogP contribution is 2.31. The van der Waals surface area contributed by atoms with E-state index in [0.29, 0.717) is 17.9 Å². The molecule has 0 aliphatic heterocycles. The van der Waals surface area contributed by atoms with Crippen LogP contribution in [0.4, 0.5) is 5.82 Å². The zero-order valence-corrected chi connectivity index (χ0v) is 18.3. The number of carbonyl (C=O) groups excluding carboxylic acids is 1. The molecule has 0 aliphatic rings. The van der Waals surface area contributed by atoms with E-state index in [1.54, 1.807) is 6.07 Å². The Morgan fingerprint density at radius 1 is 0.939 bits per heavy atom. The van der Waals surface area contributed by atoms with Crippen molar-refractivity contribution in [2.45, 2.75) is 18.6 Å². The molecule has 0 saturated heterocycles. The van der Waals surface area contributed by atoms with Crippen LogP contribution < -0.4 is 5.32 Å². The number of hydrogen-bond donors (Lipinski definition) is 2. The lowest BCUT2D eigenvalue weighted by Crippen LogP contribution is -2.33. The molecule has 0 amide bonds. The Bertz CT molecular complexity index is 1200. The molecule has 0 fully saturated rings. The SMILES string of the molecule is COC(=O)C(Cc1ccccc1)Nc1cc(-c2ccccc2C(O)c2ccccc2)ncn1. The zero-order chi connectivity index (χ0) is 23.0. The number of ether oxygens (including phenoxy) is 1. The number of rotatable bonds is 8. The van der Waals surface area contributed by atoms with Crippen LogP contribution in [0.3, 0.4) is 0 Å². The Morgan fingerprint density at radius 3 is 2.33 bits per heavy atom. The first kappa shape index (κ1) is 22.2. The smallest absolute Gasteiger partial charge is 0.328 e. The van der Waals surface area contributed by atoms with E-state index in [2.05, 4.69) is 15.3 Å². The Labute approximate surface area is 192 Å². The molecule has 0 bridgehead atoms. The maximum Gasteiger partial charge on any atom is 0.328 e. The number of nitrogens with one attached hydrogen (secondary N) is 1. The quantitative estimate of drug-likeness (QED) is 0.396. The van der Waals surface area contributed by atoms with Gasteiger partial charge in [0.05, 0.1) is 12.8 Å². The van der Waals surface area contributed by atoms with Crippen LogP contribution in [0.1, 0.15) is 22.8 Å². The Morgan fingerprint density at radius 2 is 1.61 bits per heavy atom. The van der Waals surface area contributed by atoms with Crippen LogP contribution in [0.5, 0.6) is 0 Å². The standard InChI is InChI=1S/C27H25N3O3/c1-33-27(32)24(16-19-10-4-2-5-11-19)30-25-17-23(28-18-29-25)21-14-8-9-15-22(21)26(31)20-12-6-3-7-13-20/h2-15,17-18,24,26,31H,16H2,1H3,(H,28,29,30). The topological polar surface area (TPSA) is 84.3 Å². The molecule has 4 aromatic rings. The number of benzene rings is 3. The monoisotopic (exact) mass is 439 g/mol. The second kappa shape index (κ2) is 10.5. The molecule has 0 saturated carbocycles. The summed E-state index contributed by atoms with van der Waals surface area (Å²) in [4.78, 5) is 21.1. The molecule has 2 atom stereocenters. The lowest BCUT2D eigenvalue weighted by atomic mass is 9.95. The molecule has 4 rings (SSSR count). The van der Waals surface area contributed by atoms with E-state index < -0.39 is 12.1 Å². The number of hydrogen-bond acceptors (Lipinski definition) is 6. The third kappa shape index (κ3) is 5.42. The van der Waals surface area contributed by atoms with Crippen molar-refractivity contribution in [1.29, 1.82) is 0 Å². The maximum atomic E-state index is 12.4. The molecule has 2 unspecified atom stereocenters. The second-order valence-corrected chi connectivity index (χ2v) is 7.60. The minimum atomic E-state index is -0.797. The number of methoxy groups -OCH3 is 1. The molecule has 3 aromatic carbocycles. The van der Waals surface area contributed by atoms with E-state index in [-0.39, 0.29) is 5.97 Å². The Hall–Kier alpha value is -4.03. The third-order valence-electron chi connectivity index (χ3n) is 5.40. The number of aliphatic hydroxyl groups excluding tert-OH is 1. The normalized spacial score (nSPS) is 12.5. The van der Waals surface area contributed by atoms with Gasteiger partial charge in [0.25, 0.3) is 0 Å². The highest BCUT2D eigenvalue weighted by atomic mass is 16.5. The Balaban J connectivity index is 1.62. The molecule has 6 heteroatoms. The summed E-state index contributed by atoms with van der Waals surface area (Å²) in [5.41, 5.74) is 3.97. The van der Waals surface area contributed by atoms with Crippen molar-refractivity contribution in [3.8, 4) is 11.3 Å². The van der Waals surface area contributed by atoms with Crippen LogP contribution >= 0.6 is 0 Å². The largest absolute Gasteiger partial charge is 0.467 e.